The molecule has 1 fully saturated rings. The zero-order valence-electron chi connectivity index (χ0n) is 14.6. The highest BCUT2D eigenvalue weighted by Crippen LogP contribution is 2.27. The standard InChI is InChI=1S/C17H20F3NO5S/c1-2-25-16(22)8-3-13-9-11-21(12-10-13)27(23,24)15-6-4-14(5-7-15)26-17(18,19)20/h3-8,13H,2,9-12H2,1H3. The number of piperidine rings is 1. The number of allylic oxidation sites excluding steroid dienone is 1. The highest BCUT2D eigenvalue weighted by Gasteiger charge is 2.32. The van der Waals surface area contributed by atoms with Gasteiger partial charge in [-0.05, 0) is 49.9 Å². The number of alkyl halides is 3. The van der Waals surface area contributed by atoms with E-state index in [4.69, 9.17) is 4.74 Å². The van der Waals surface area contributed by atoms with Gasteiger partial charge in [0.2, 0.25) is 10.0 Å². The quantitative estimate of drug-likeness (QED) is 0.535. The fourth-order valence-electron chi connectivity index (χ4n) is 2.68. The van der Waals surface area contributed by atoms with Gasteiger partial charge < -0.3 is 9.47 Å². The smallest absolute Gasteiger partial charge is 0.463 e. The van der Waals surface area contributed by atoms with Crippen LogP contribution in [0.4, 0.5) is 13.2 Å². The van der Waals surface area contributed by atoms with Crippen molar-refractivity contribution in [2.45, 2.75) is 31.0 Å². The van der Waals surface area contributed by atoms with E-state index in [9.17, 15) is 26.4 Å². The molecule has 150 valence electrons. The van der Waals surface area contributed by atoms with Gasteiger partial charge in [0, 0.05) is 19.2 Å². The van der Waals surface area contributed by atoms with Crippen LogP contribution >= 0.6 is 0 Å². The summed E-state index contributed by atoms with van der Waals surface area (Å²) in [6.45, 7) is 2.49. The minimum Gasteiger partial charge on any atom is -0.463 e. The molecule has 1 saturated heterocycles. The molecule has 0 spiro atoms. The van der Waals surface area contributed by atoms with Gasteiger partial charge in [-0.3, -0.25) is 0 Å². The van der Waals surface area contributed by atoms with Crippen molar-refractivity contribution < 1.29 is 35.9 Å². The molecule has 0 unspecified atom stereocenters. The second-order valence-corrected chi connectivity index (χ2v) is 7.81. The van der Waals surface area contributed by atoms with Crippen molar-refractivity contribution in [1.29, 1.82) is 0 Å². The van der Waals surface area contributed by atoms with Gasteiger partial charge in [-0.25, -0.2) is 13.2 Å². The van der Waals surface area contributed by atoms with Gasteiger partial charge in [0.25, 0.3) is 0 Å². The predicted molar refractivity (Wildman–Crippen MR) is 90.4 cm³/mol. The predicted octanol–water partition coefficient (Wildman–Crippen LogP) is 3.11. The lowest BCUT2D eigenvalue weighted by Crippen LogP contribution is -2.38. The van der Waals surface area contributed by atoms with Crippen LogP contribution in [-0.4, -0.2) is 44.8 Å². The molecule has 0 amide bonds. The van der Waals surface area contributed by atoms with Crippen molar-refractivity contribution in [3.05, 3.63) is 36.4 Å². The highest BCUT2D eigenvalue weighted by atomic mass is 32.2. The first-order valence-corrected chi connectivity index (χ1v) is 9.76. The van der Waals surface area contributed by atoms with Crippen LogP contribution in [0, 0.1) is 5.92 Å². The van der Waals surface area contributed by atoms with E-state index in [1.807, 2.05) is 0 Å². The van der Waals surface area contributed by atoms with E-state index in [1.54, 1.807) is 13.0 Å². The van der Waals surface area contributed by atoms with E-state index in [0.29, 0.717) is 12.8 Å². The number of hydrogen-bond acceptors (Lipinski definition) is 5. The van der Waals surface area contributed by atoms with Gasteiger partial charge in [-0.15, -0.1) is 13.2 Å². The van der Waals surface area contributed by atoms with Crippen LogP contribution in [0.3, 0.4) is 0 Å². The van der Waals surface area contributed by atoms with Crippen LogP contribution in [0.2, 0.25) is 0 Å². The molecule has 1 aliphatic heterocycles. The van der Waals surface area contributed by atoms with E-state index in [1.165, 1.54) is 10.4 Å². The largest absolute Gasteiger partial charge is 0.573 e. The summed E-state index contributed by atoms with van der Waals surface area (Å²) in [5.41, 5.74) is 0. The third kappa shape index (κ3) is 6.24. The number of ether oxygens (including phenoxy) is 2. The average Bonchev–Trinajstić information content (AvgIpc) is 2.60. The van der Waals surface area contributed by atoms with Crippen LogP contribution in [0.1, 0.15) is 19.8 Å². The van der Waals surface area contributed by atoms with Crippen LogP contribution in [-0.2, 0) is 19.6 Å². The highest BCUT2D eigenvalue weighted by molar-refractivity contribution is 7.89. The number of carbonyl (C=O) groups is 1. The van der Waals surface area contributed by atoms with Gasteiger partial charge >= 0.3 is 12.3 Å². The molecule has 6 nitrogen and oxygen atoms in total. The first-order valence-electron chi connectivity index (χ1n) is 8.32. The molecular weight excluding hydrogens is 387 g/mol. The summed E-state index contributed by atoms with van der Waals surface area (Å²) in [5.74, 6) is -0.860. The third-order valence-corrected chi connectivity index (χ3v) is 5.90. The molecule has 0 aromatic heterocycles. The summed E-state index contributed by atoms with van der Waals surface area (Å²) in [5, 5.41) is 0. The number of carbonyl (C=O) groups excluding carboxylic acids is 1. The van der Waals surface area contributed by atoms with Gasteiger partial charge in [0.1, 0.15) is 5.75 Å². The molecule has 0 bridgehead atoms. The Morgan fingerprint density at radius 2 is 1.81 bits per heavy atom. The Morgan fingerprint density at radius 3 is 2.33 bits per heavy atom. The van der Waals surface area contributed by atoms with Gasteiger partial charge in [-0.2, -0.15) is 4.31 Å². The van der Waals surface area contributed by atoms with E-state index in [2.05, 4.69) is 4.74 Å². The third-order valence-electron chi connectivity index (χ3n) is 3.98. The number of sulfonamides is 1. The van der Waals surface area contributed by atoms with Crippen LogP contribution < -0.4 is 4.74 Å². The first-order chi connectivity index (χ1) is 12.6. The molecule has 0 aliphatic carbocycles. The molecule has 27 heavy (non-hydrogen) atoms. The Kier molecular flexibility index (Phi) is 6.88. The molecule has 0 saturated carbocycles. The fourth-order valence-corrected chi connectivity index (χ4v) is 4.15. The SMILES string of the molecule is CCOC(=O)C=CC1CCN(S(=O)(=O)c2ccc(OC(F)(F)F)cc2)CC1. The molecule has 2 rings (SSSR count). The zero-order chi connectivity index (χ0) is 20.1. The summed E-state index contributed by atoms with van der Waals surface area (Å²) in [4.78, 5) is 11.2. The Balaban J connectivity index is 1.97. The van der Waals surface area contributed by atoms with Crippen LogP contribution in [0.25, 0.3) is 0 Å². The normalized spacial score (nSPS) is 17.2. The van der Waals surface area contributed by atoms with E-state index < -0.39 is 28.1 Å². The monoisotopic (exact) mass is 407 g/mol. The Bertz CT molecular complexity index is 767. The molecule has 1 heterocycles. The maximum absolute atomic E-state index is 12.6. The number of halogens is 3. The van der Waals surface area contributed by atoms with E-state index in [0.717, 1.165) is 24.3 Å². The van der Waals surface area contributed by atoms with E-state index >= 15 is 0 Å². The maximum Gasteiger partial charge on any atom is 0.573 e. The minimum atomic E-state index is -4.83. The number of esters is 1. The van der Waals surface area contributed by atoms with Crippen LogP contribution in [0.15, 0.2) is 41.3 Å². The zero-order valence-corrected chi connectivity index (χ0v) is 15.4. The van der Waals surface area contributed by atoms with Gasteiger partial charge in [0.15, 0.2) is 0 Å². The lowest BCUT2D eigenvalue weighted by molar-refractivity contribution is -0.274. The number of rotatable bonds is 6. The van der Waals surface area contributed by atoms with Crippen molar-refractivity contribution >= 4 is 16.0 Å². The van der Waals surface area contributed by atoms with Crippen molar-refractivity contribution in [3.63, 3.8) is 0 Å². The molecule has 1 aromatic rings. The van der Waals surface area contributed by atoms with Crippen molar-refractivity contribution in [2.24, 2.45) is 5.92 Å². The van der Waals surface area contributed by atoms with Gasteiger partial charge in [-0.1, -0.05) is 6.08 Å². The molecule has 0 N–H and O–H groups in total. The van der Waals surface area contributed by atoms with Crippen molar-refractivity contribution in [3.8, 4) is 5.75 Å². The number of hydrogen-bond donors (Lipinski definition) is 0. The maximum atomic E-state index is 12.6. The minimum absolute atomic E-state index is 0.0587. The Hall–Kier alpha value is -2.07. The lowest BCUT2D eigenvalue weighted by Gasteiger charge is -2.29. The Labute approximate surface area is 155 Å². The van der Waals surface area contributed by atoms with E-state index in [-0.39, 0.29) is 30.5 Å². The molecule has 0 atom stereocenters. The molecule has 10 heteroatoms. The van der Waals surface area contributed by atoms with Crippen molar-refractivity contribution in [2.75, 3.05) is 19.7 Å². The van der Waals surface area contributed by atoms with Crippen molar-refractivity contribution in [1.82, 2.24) is 4.31 Å². The second-order valence-electron chi connectivity index (χ2n) is 5.87. The molecule has 0 radical (unpaired) electrons. The summed E-state index contributed by atoms with van der Waals surface area (Å²) in [6.07, 6.45) is -0.711. The number of benzene rings is 1. The number of nitrogens with zero attached hydrogens (tertiary/aromatic N) is 1. The molecule has 1 aliphatic rings. The molecule has 1 aromatic carbocycles. The topological polar surface area (TPSA) is 72.9 Å². The first kappa shape index (κ1) is 21.2. The lowest BCUT2D eigenvalue weighted by atomic mass is 9.98. The van der Waals surface area contributed by atoms with Crippen LogP contribution in [0.5, 0.6) is 5.75 Å². The molecular formula is C17H20F3NO5S. The summed E-state index contributed by atoms with van der Waals surface area (Å²) >= 11 is 0. The summed E-state index contributed by atoms with van der Waals surface area (Å²) in [7, 11) is -3.80. The Morgan fingerprint density at radius 1 is 1.22 bits per heavy atom. The van der Waals surface area contributed by atoms with Gasteiger partial charge in [0.05, 0.1) is 11.5 Å². The average molecular weight is 407 g/mol. The second kappa shape index (κ2) is 8.75. The summed E-state index contributed by atoms with van der Waals surface area (Å²) in [6, 6.07) is 4.11. The fraction of sp³-hybridized carbons (Fsp3) is 0.471. The summed E-state index contributed by atoms with van der Waals surface area (Å²) < 4.78 is 71.6.